The summed E-state index contributed by atoms with van der Waals surface area (Å²) < 4.78 is 1.34. The first kappa shape index (κ1) is 24.2. The molecule has 2 fully saturated rings. The SMILES string of the molecule is CN(C)c1nc(C2CC(N)C2)cc(N2CCN(c3cnn(C)c(=O)c3)CC2)n1.Cl.Cl. The monoisotopic (exact) mass is 456 g/mol. The maximum Gasteiger partial charge on any atom is 0.268 e. The van der Waals surface area contributed by atoms with Crippen molar-refractivity contribution >= 4 is 42.3 Å². The molecule has 0 amide bonds. The van der Waals surface area contributed by atoms with Gasteiger partial charge in [-0.15, -0.1) is 24.8 Å². The first-order valence-corrected chi connectivity index (χ1v) is 9.76. The van der Waals surface area contributed by atoms with Gasteiger partial charge in [-0.1, -0.05) is 0 Å². The number of aromatic nitrogens is 4. The summed E-state index contributed by atoms with van der Waals surface area (Å²) in [5.74, 6) is 2.14. The van der Waals surface area contributed by atoms with Crippen molar-refractivity contribution in [3.63, 3.8) is 0 Å². The number of hydrogen-bond donors (Lipinski definition) is 1. The van der Waals surface area contributed by atoms with E-state index in [9.17, 15) is 4.79 Å². The number of rotatable bonds is 4. The molecule has 0 radical (unpaired) electrons. The maximum atomic E-state index is 11.9. The number of halogens is 2. The lowest BCUT2D eigenvalue weighted by molar-refractivity contribution is 0.345. The van der Waals surface area contributed by atoms with Crippen molar-refractivity contribution in [3.8, 4) is 0 Å². The zero-order chi connectivity index (χ0) is 19.8. The molecule has 9 nitrogen and oxygen atoms in total. The second-order valence-corrected chi connectivity index (χ2v) is 7.92. The van der Waals surface area contributed by atoms with Gasteiger partial charge in [0, 0.05) is 71.4 Å². The molecule has 2 N–H and O–H groups in total. The molecule has 0 unspecified atom stereocenters. The summed E-state index contributed by atoms with van der Waals surface area (Å²) in [5.41, 5.74) is 7.86. The molecule has 0 atom stereocenters. The van der Waals surface area contributed by atoms with E-state index in [0.29, 0.717) is 12.0 Å². The number of hydrogen-bond acceptors (Lipinski definition) is 8. The smallest absolute Gasteiger partial charge is 0.268 e. The van der Waals surface area contributed by atoms with E-state index in [-0.39, 0.29) is 30.4 Å². The summed E-state index contributed by atoms with van der Waals surface area (Å²) in [6.07, 6.45) is 3.74. The number of piperazine rings is 1. The summed E-state index contributed by atoms with van der Waals surface area (Å²) >= 11 is 0. The van der Waals surface area contributed by atoms with Gasteiger partial charge in [-0.25, -0.2) is 9.67 Å². The Morgan fingerprint density at radius 1 is 1.03 bits per heavy atom. The summed E-state index contributed by atoms with van der Waals surface area (Å²) in [4.78, 5) is 27.8. The highest BCUT2D eigenvalue weighted by molar-refractivity contribution is 5.85. The van der Waals surface area contributed by atoms with E-state index in [1.54, 1.807) is 19.3 Å². The van der Waals surface area contributed by atoms with Crippen molar-refractivity contribution in [2.45, 2.75) is 24.8 Å². The Labute approximate surface area is 189 Å². The Kier molecular flexibility index (Phi) is 7.90. The molecule has 3 heterocycles. The van der Waals surface area contributed by atoms with Crippen molar-refractivity contribution < 1.29 is 0 Å². The molecule has 2 aromatic heterocycles. The number of aryl methyl sites for hydroxylation is 1. The summed E-state index contributed by atoms with van der Waals surface area (Å²) in [5, 5.41) is 4.13. The van der Waals surface area contributed by atoms with Crippen molar-refractivity contribution in [2.75, 3.05) is 55.0 Å². The van der Waals surface area contributed by atoms with Gasteiger partial charge in [-0.2, -0.15) is 10.1 Å². The number of anilines is 3. The average molecular weight is 457 g/mol. The topological polar surface area (TPSA) is 96.4 Å². The van der Waals surface area contributed by atoms with Crippen LogP contribution in [0, 0.1) is 0 Å². The van der Waals surface area contributed by atoms with Gasteiger partial charge >= 0.3 is 0 Å². The molecule has 1 saturated heterocycles. The lowest BCUT2D eigenvalue weighted by atomic mass is 9.78. The Morgan fingerprint density at radius 3 is 2.23 bits per heavy atom. The lowest BCUT2D eigenvalue weighted by Crippen LogP contribution is -2.47. The number of nitrogens with two attached hydrogens (primary N) is 1. The Hall–Kier alpha value is -2.10. The molecule has 4 rings (SSSR count). The van der Waals surface area contributed by atoms with Crippen LogP contribution >= 0.6 is 24.8 Å². The van der Waals surface area contributed by atoms with Crippen molar-refractivity contribution in [1.82, 2.24) is 19.7 Å². The largest absolute Gasteiger partial charge is 0.367 e. The van der Waals surface area contributed by atoms with E-state index in [1.807, 2.05) is 19.0 Å². The molecule has 2 aliphatic rings. The normalized spacial score (nSPS) is 20.7. The van der Waals surface area contributed by atoms with Crippen LogP contribution in [-0.4, -0.2) is 66.1 Å². The summed E-state index contributed by atoms with van der Waals surface area (Å²) in [7, 11) is 5.60. The van der Waals surface area contributed by atoms with Crippen LogP contribution in [0.15, 0.2) is 23.1 Å². The van der Waals surface area contributed by atoms with E-state index < -0.39 is 0 Å². The van der Waals surface area contributed by atoms with E-state index in [0.717, 1.165) is 62.2 Å². The second kappa shape index (κ2) is 9.80. The third-order valence-electron chi connectivity index (χ3n) is 5.64. The third kappa shape index (κ3) is 4.96. The first-order valence-electron chi connectivity index (χ1n) is 9.76. The van der Waals surface area contributed by atoms with Crippen LogP contribution in [0.1, 0.15) is 24.5 Å². The van der Waals surface area contributed by atoms with Crippen LogP contribution in [-0.2, 0) is 7.05 Å². The van der Waals surface area contributed by atoms with Crippen LogP contribution in [0.4, 0.5) is 17.5 Å². The fourth-order valence-electron chi connectivity index (χ4n) is 3.74. The standard InChI is InChI=1S/C19H28N8O.2ClH/c1-24(2)19-22-16(13-8-14(20)9-13)11-17(23-19)27-6-4-26(5-7-27)15-10-18(28)25(3)21-12-15;;/h10-14H,4-9,20H2,1-3H3;2*1H. The van der Waals surface area contributed by atoms with E-state index in [2.05, 4.69) is 21.0 Å². The Balaban J connectivity index is 0.00000160. The molecule has 1 saturated carbocycles. The predicted octanol–water partition coefficient (Wildman–Crippen LogP) is 1.01. The van der Waals surface area contributed by atoms with Crippen LogP contribution < -0.4 is 26.0 Å². The first-order chi connectivity index (χ1) is 13.4. The molecule has 0 spiro atoms. The minimum atomic E-state index is -0.0882. The number of nitrogens with zero attached hydrogens (tertiary/aromatic N) is 7. The summed E-state index contributed by atoms with van der Waals surface area (Å²) in [6, 6.07) is 4.07. The van der Waals surface area contributed by atoms with E-state index in [1.165, 1.54) is 4.68 Å². The fourth-order valence-corrected chi connectivity index (χ4v) is 3.74. The van der Waals surface area contributed by atoms with Gasteiger partial charge in [0.15, 0.2) is 0 Å². The van der Waals surface area contributed by atoms with E-state index >= 15 is 0 Å². The Morgan fingerprint density at radius 2 is 1.67 bits per heavy atom. The molecule has 166 valence electrons. The van der Waals surface area contributed by atoms with Gasteiger partial charge in [0.05, 0.1) is 17.6 Å². The van der Waals surface area contributed by atoms with Gasteiger partial charge in [0.1, 0.15) is 5.82 Å². The molecule has 0 aromatic carbocycles. The van der Waals surface area contributed by atoms with Crippen LogP contribution in [0.25, 0.3) is 0 Å². The minimum Gasteiger partial charge on any atom is -0.367 e. The van der Waals surface area contributed by atoms with Gasteiger partial charge < -0.3 is 20.4 Å². The van der Waals surface area contributed by atoms with Crippen molar-refractivity contribution in [1.29, 1.82) is 0 Å². The zero-order valence-electron chi connectivity index (χ0n) is 17.6. The fraction of sp³-hybridized carbons (Fsp3) is 0.579. The highest BCUT2D eigenvalue weighted by atomic mass is 35.5. The second-order valence-electron chi connectivity index (χ2n) is 7.92. The van der Waals surface area contributed by atoms with Gasteiger partial charge in [0.25, 0.3) is 5.56 Å². The van der Waals surface area contributed by atoms with Gasteiger partial charge in [-0.3, -0.25) is 4.79 Å². The van der Waals surface area contributed by atoms with Crippen LogP contribution in [0.5, 0.6) is 0 Å². The van der Waals surface area contributed by atoms with E-state index in [4.69, 9.17) is 15.7 Å². The molecule has 2 aromatic rings. The quantitative estimate of drug-likeness (QED) is 0.727. The molecular weight excluding hydrogens is 427 g/mol. The molecule has 11 heteroatoms. The molecule has 1 aliphatic carbocycles. The Bertz CT molecular complexity index is 908. The van der Waals surface area contributed by atoms with Crippen LogP contribution in [0.2, 0.25) is 0 Å². The van der Waals surface area contributed by atoms with Gasteiger partial charge in [-0.05, 0) is 12.8 Å². The minimum absolute atomic E-state index is 0. The van der Waals surface area contributed by atoms with Gasteiger partial charge in [0.2, 0.25) is 5.95 Å². The zero-order valence-corrected chi connectivity index (χ0v) is 19.2. The predicted molar refractivity (Wildman–Crippen MR) is 125 cm³/mol. The highest BCUT2D eigenvalue weighted by Gasteiger charge is 2.30. The maximum absolute atomic E-state index is 11.9. The van der Waals surface area contributed by atoms with Crippen LogP contribution in [0.3, 0.4) is 0 Å². The lowest BCUT2D eigenvalue weighted by Gasteiger charge is -2.37. The van der Waals surface area contributed by atoms with Crippen molar-refractivity contribution in [2.24, 2.45) is 12.8 Å². The summed E-state index contributed by atoms with van der Waals surface area (Å²) in [6.45, 7) is 3.31. The molecular formula is C19H30Cl2N8O. The molecule has 30 heavy (non-hydrogen) atoms. The molecule has 1 aliphatic heterocycles. The molecule has 0 bridgehead atoms. The van der Waals surface area contributed by atoms with Crippen molar-refractivity contribution in [3.05, 3.63) is 34.4 Å². The average Bonchev–Trinajstić information content (AvgIpc) is 2.67. The highest BCUT2D eigenvalue weighted by Crippen LogP contribution is 2.36. The third-order valence-corrected chi connectivity index (χ3v) is 5.64.